The molecule has 0 aliphatic rings. The predicted molar refractivity (Wildman–Crippen MR) is 82.2 cm³/mol. The molecule has 1 N–H and O–H groups in total. The summed E-state index contributed by atoms with van der Waals surface area (Å²) in [6, 6.07) is 12.3. The number of rotatable bonds is 5. The molecule has 0 aromatic heterocycles. The highest BCUT2D eigenvalue weighted by atomic mass is 79.9. The maximum atomic E-state index is 13.1. The first-order chi connectivity index (χ1) is 9.15. The maximum Gasteiger partial charge on any atom is 0.128 e. The minimum absolute atomic E-state index is 0.317. The van der Waals surface area contributed by atoms with Crippen LogP contribution in [0.5, 0.6) is 5.75 Å². The Morgan fingerprint density at radius 1 is 1.11 bits per heavy atom. The van der Waals surface area contributed by atoms with Crippen molar-refractivity contribution < 1.29 is 9.13 Å². The Balaban J connectivity index is 1.82. The third-order valence-corrected chi connectivity index (χ3v) is 3.55. The van der Waals surface area contributed by atoms with Gasteiger partial charge in [0.2, 0.25) is 0 Å². The van der Waals surface area contributed by atoms with Crippen molar-refractivity contribution >= 4 is 37.5 Å². The lowest BCUT2D eigenvalue weighted by Gasteiger charge is -2.10. The summed E-state index contributed by atoms with van der Waals surface area (Å²) < 4.78 is 20.3. The third kappa shape index (κ3) is 4.51. The summed E-state index contributed by atoms with van der Waals surface area (Å²) >= 11 is 6.68. The van der Waals surface area contributed by atoms with E-state index >= 15 is 0 Å². The van der Waals surface area contributed by atoms with E-state index in [2.05, 4.69) is 37.2 Å². The van der Waals surface area contributed by atoms with E-state index in [4.69, 9.17) is 4.74 Å². The number of nitrogens with one attached hydrogen (secondary N) is 1. The van der Waals surface area contributed by atoms with Gasteiger partial charge in [0.1, 0.15) is 18.2 Å². The second-order valence-corrected chi connectivity index (χ2v) is 5.63. The Labute approximate surface area is 128 Å². The minimum atomic E-state index is -0.317. The Morgan fingerprint density at radius 3 is 2.63 bits per heavy atom. The van der Waals surface area contributed by atoms with E-state index < -0.39 is 0 Å². The molecule has 0 amide bonds. The molecule has 0 unspecified atom stereocenters. The second-order valence-electron chi connectivity index (χ2n) is 3.86. The summed E-state index contributed by atoms with van der Waals surface area (Å²) in [5.41, 5.74) is 1.01. The zero-order chi connectivity index (χ0) is 13.7. The molecule has 0 saturated heterocycles. The van der Waals surface area contributed by atoms with Crippen LogP contribution in [-0.2, 0) is 0 Å². The largest absolute Gasteiger partial charge is 0.492 e. The van der Waals surface area contributed by atoms with Crippen LogP contribution < -0.4 is 10.1 Å². The average Bonchev–Trinajstić information content (AvgIpc) is 2.35. The molecule has 0 bridgehead atoms. The molecule has 0 aliphatic heterocycles. The molecule has 2 nitrogen and oxygen atoms in total. The molecule has 5 heteroatoms. The molecule has 100 valence electrons. The van der Waals surface area contributed by atoms with Gasteiger partial charge in [-0.1, -0.05) is 28.1 Å². The van der Waals surface area contributed by atoms with Crippen molar-refractivity contribution in [2.45, 2.75) is 0 Å². The molecule has 0 radical (unpaired) electrons. The fourth-order valence-electron chi connectivity index (χ4n) is 1.57. The smallest absolute Gasteiger partial charge is 0.128 e. The van der Waals surface area contributed by atoms with Gasteiger partial charge in [0.15, 0.2) is 0 Å². The maximum absolute atomic E-state index is 13.1. The molecule has 0 heterocycles. The van der Waals surface area contributed by atoms with Gasteiger partial charge in [0, 0.05) is 27.2 Å². The number of hydrogen-bond acceptors (Lipinski definition) is 2. The van der Waals surface area contributed by atoms with Crippen LogP contribution in [0.25, 0.3) is 0 Å². The number of ether oxygens (including phenoxy) is 1. The second kappa shape index (κ2) is 6.91. The minimum Gasteiger partial charge on any atom is -0.492 e. The van der Waals surface area contributed by atoms with Crippen LogP contribution in [0.1, 0.15) is 0 Å². The fraction of sp³-hybridized carbons (Fsp3) is 0.143. The van der Waals surface area contributed by atoms with E-state index in [-0.39, 0.29) is 5.82 Å². The summed E-state index contributed by atoms with van der Waals surface area (Å²) in [4.78, 5) is 0. The zero-order valence-corrected chi connectivity index (χ0v) is 13.2. The van der Waals surface area contributed by atoms with Gasteiger partial charge in [-0.25, -0.2) is 4.39 Å². The molecule has 2 aromatic carbocycles. The van der Waals surface area contributed by atoms with Crippen LogP contribution in [0.3, 0.4) is 0 Å². The molecule has 0 fully saturated rings. The Kier molecular flexibility index (Phi) is 5.22. The lowest BCUT2D eigenvalue weighted by atomic mass is 10.3. The van der Waals surface area contributed by atoms with Crippen molar-refractivity contribution in [2.24, 2.45) is 0 Å². The summed E-state index contributed by atoms with van der Waals surface area (Å²) in [6.07, 6.45) is 0. The van der Waals surface area contributed by atoms with E-state index in [0.717, 1.165) is 10.2 Å². The van der Waals surface area contributed by atoms with Crippen LogP contribution in [0, 0.1) is 5.82 Å². The average molecular weight is 389 g/mol. The molecule has 2 aromatic rings. The van der Waals surface area contributed by atoms with Crippen LogP contribution in [-0.4, -0.2) is 13.2 Å². The van der Waals surface area contributed by atoms with Gasteiger partial charge in [-0.05, 0) is 40.2 Å². The number of para-hydroxylation sites is 1. The van der Waals surface area contributed by atoms with Crippen molar-refractivity contribution in [1.29, 1.82) is 0 Å². The van der Waals surface area contributed by atoms with Crippen molar-refractivity contribution in [3.05, 3.63) is 57.2 Å². The Bertz CT molecular complexity index is 543. The monoisotopic (exact) mass is 387 g/mol. The van der Waals surface area contributed by atoms with Gasteiger partial charge in [-0.3, -0.25) is 0 Å². The summed E-state index contributed by atoms with van der Waals surface area (Å²) in [5.74, 6) is 0.198. The highest BCUT2D eigenvalue weighted by Crippen LogP contribution is 2.22. The first kappa shape index (κ1) is 14.3. The lowest BCUT2D eigenvalue weighted by molar-refractivity contribution is 0.331. The predicted octanol–water partition coefficient (Wildman–Crippen LogP) is 4.84. The van der Waals surface area contributed by atoms with Crippen molar-refractivity contribution in [2.75, 3.05) is 18.5 Å². The SMILES string of the molecule is Fc1cc(Br)cc(OCCNc2ccccc2Br)c1. The van der Waals surface area contributed by atoms with Crippen LogP contribution in [0.2, 0.25) is 0 Å². The van der Waals surface area contributed by atoms with Crippen LogP contribution >= 0.6 is 31.9 Å². The van der Waals surface area contributed by atoms with Gasteiger partial charge in [0.05, 0.1) is 0 Å². The van der Waals surface area contributed by atoms with Gasteiger partial charge < -0.3 is 10.1 Å². The third-order valence-electron chi connectivity index (χ3n) is 2.40. The van der Waals surface area contributed by atoms with Gasteiger partial charge >= 0.3 is 0 Å². The van der Waals surface area contributed by atoms with E-state index in [1.165, 1.54) is 12.1 Å². The van der Waals surface area contributed by atoms with Gasteiger partial charge in [-0.2, -0.15) is 0 Å². The summed E-state index contributed by atoms with van der Waals surface area (Å²) in [7, 11) is 0. The molecule has 0 saturated carbocycles. The summed E-state index contributed by atoms with van der Waals surface area (Å²) in [5, 5.41) is 3.24. The molecular weight excluding hydrogens is 377 g/mol. The molecule has 0 atom stereocenters. The van der Waals surface area contributed by atoms with E-state index in [9.17, 15) is 4.39 Å². The van der Waals surface area contributed by atoms with E-state index in [1.54, 1.807) is 6.07 Å². The standard InChI is InChI=1S/C14H12Br2FNO/c15-10-7-11(17)9-12(8-10)19-6-5-18-14-4-2-1-3-13(14)16/h1-4,7-9,18H,5-6H2. The normalized spacial score (nSPS) is 10.3. The van der Waals surface area contributed by atoms with Crippen LogP contribution in [0.15, 0.2) is 51.4 Å². The first-order valence-corrected chi connectivity index (χ1v) is 7.31. The van der Waals surface area contributed by atoms with E-state index in [1.807, 2.05) is 24.3 Å². The van der Waals surface area contributed by atoms with Crippen molar-refractivity contribution in [3.8, 4) is 5.75 Å². The highest BCUT2D eigenvalue weighted by molar-refractivity contribution is 9.10. The summed E-state index contributed by atoms with van der Waals surface area (Å²) in [6.45, 7) is 1.09. The van der Waals surface area contributed by atoms with Gasteiger partial charge in [0.25, 0.3) is 0 Å². The Hall–Kier alpha value is -1.07. The lowest BCUT2D eigenvalue weighted by Crippen LogP contribution is -2.11. The highest BCUT2D eigenvalue weighted by Gasteiger charge is 2.00. The number of hydrogen-bond donors (Lipinski definition) is 1. The molecule has 0 aliphatic carbocycles. The number of halogens is 3. The molecule has 2 rings (SSSR count). The van der Waals surface area contributed by atoms with Gasteiger partial charge in [-0.15, -0.1) is 0 Å². The van der Waals surface area contributed by atoms with E-state index in [0.29, 0.717) is 23.4 Å². The van der Waals surface area contributed by atoms with Crippen molar-refractivity contribution in [1.82, 2.24) is 0 Å². The molecular formula is C14H12Br2FNO. The molecule has 0 spiro atoms. The topological polar surface area (TPSA) is 21.3 Å². The Morgan fingerprint density at radius 2 is 1.89 bits per heavy atom. The molecule has 19 heavy (non-hydrogen) atoms. The van der Waals surface area contributed by atoms with Crippen LogP contribution in [0.4, 0.5) is 10.1 Å². The zero-order valence-electron chi connectivity index (χ0n) is 10.00. The first-order valence-electron chi connectivity index (χ1n) is 5.72. The quantitative estimate of drug-likeness (QED) is 0.740. The number of anilines is 1. The van der Waals surface area contributed by atoms with Crippen molar-refractivity contribution in [3.63, 3.8) is 0 Å². The number of benzene rings is 2. The fourth-order valence-corrected chi connectivity index (χ4v) is 2.44.